The van der Waals surface area contributed by atoms with E-state index in [1.165, 1.54) is 22.7 Å². The summed E-state index contributed by atoms with van der Waals surface area (Å²) in [7, 11) is 0. The molecule has 2 heterocycles. The molecule has 12 heteroatoms. The summed E-state index contributed by atoms with van der Waals surface area (Å²) in [4.78, 5) is 24.4. The quantitative estimate of drug-likeness (QED) is 0.232. The molecule has 36 heavy (non-hydrogen) atoms. The van der Waals surface area contributed by atoms with Gasteiger partial charge >= 0.3 is 0 Å². The molecule has 0 aliphatic heterocycles. The first-order chi connectivity index (χ1) is 17.6. The number of hydrogen-bond donors (Lipinski definition) is 3. The average molecular weight is 541 g/mol. The van der Waals surface area contributed by atoms with Gasteiger partial charge in [-0.2, -0.15) is 11.8 Å². The van der Waals surface area contributed by atoms with Crippen molar-refractivity contribution in [2.24, 2.45) is 0 Å². The summed E-state index contributed by atoms with van der Waals surface area (Å²) in [6, 6.07) is 18.3. The van der Waals surface area contributed by atoms with Crippen LogP contribution in [0, 0.1) is 0 Å². The van der Waals surface area contributed by atoms with Crippen LogP contribution in [0.4, 0.5) is 10.3 Å². The molecule has 0 aliphatic carbocycles. The van der Waals surface area contributed by atoms with E-state index in [0.717, 1.165) is 39.9 Å². The number of anilines is 2. The molecule has 9 nitrogen and oxygen atoms in total. The second-order valence-electron chi connectivity index (χ2n) is 7.63. The fourth-order valence-corrected chi connectivity index (χ4v) is 5.77. The first kappa shape index (κ1) is 25.9. The molecule has 1 atom stereocenters. The number of aromatic nitrogens is 4. The molecule has 0 saturated carbocycles. The lowest BCUT2D eigenvalue weighted by Gasteiger charge is -2.09. The maximum absolute atomic E-state index is 12.2. The Balaban J connectivity index is 1.13. The van der Waals surface area contributed by atoms with E-state index in [9.17, 15) is 14.7 Å². The minimum atomic E-state index is -1.26. The van der Waals surface area contributed by atoms with E-state index in [2.05, 4.69) is 31.0 Å². The van der Waals surface area contributed by atoms with Crippen LogP contribution in [0.2, 0.25) is 0 Å². The zero-order valence-electron chi connectivity index (χ0n) is 19.2. The van der Waals surface area contributed by atoms with Gasteiger partial charge in [0.1, 0.15) is 10.0 Å². The molecule has 2 aromatic heterocycles. The molecule has 2 aromatic carbocycles. The molecule has 186 valence electrons. The van der Waals surface area contributed by atoms with Crippen molar-refractivity contribution in [2.75, 3.05) is 22.1 Å². The predicted molar refractivity (Wildman–Crippen MR) is 143 cm³/mol. The Morgan fingerprint density at radius 1 is 0.806 bits per heavy atom. The molecule has 0 spiro atoms. The van der Waals surface area contributed by atoms with Gasteiger partial charge in [0.15, 0.2) is 6.10 Å². The number of aliphatic hydroxyl groups is 1. The van der Waals surface area contributed by atoms with Gasteiger partial charge < -0.3 is 10.4 Å². The molecular formula is C24H24N6O3S3. The average Bonchev–Trinajstić information content (AvgIpc) is 3.53. The Kier molecular flexibility index (Phi) is 9.50. The first-order valence-electron chi connectivity index (χ1n) is 11.2. The second-order valence-corrected chi connectivity index (χ2v) is 11.0. The molecule has 0 saturated heterocycles. The van der Waals surface area contributed by atoms with Crippen molar-refractivity contribution in [3.05, 3.63) is 81.8 Å². The summed E-state index contributed by atoms with van der Waals surface area (Å²) in [5.41, 5.74) is 1.47. The van der Waals surface area contributed by atoms with E-state index < -0.39 is 12.0 Å². The minimum Gasteiger partial charge on any atom is -0.378 e. The highest BCUT2D eigenvalue weighted by Crippen LogP contribution is 2.21. The normalized spacial score (nSPS) is 11.7. The predicted octanol–water partition coefficient (Wildman–Crippen LogP) is 3.76. The zero-order chi connectivity index (χ0) is 25.2. The smallest absolute Gasteiger partial charge is 0.259 e. The van der Waals surface area contributed by atoms with Crippen molar-refractivity contribution in [3.8, 4) is 0 Å². The van der Waals surface area contributed by atoms with Crippen LogP contribution in [0.15, 0.2) is 60.7 Å². The number of hydrogen-bond acceptors (Lipinski definition) is 10. The summed E-state index contributed by atoms with van der Waals surface area (Å²) >= 11 is 4.44. The summed E-state index contributed by atoms with van der Waals surface area (Å²) in [6.07, 6.45) is 0.519. The van der Waals surface area contributed by atoms with Gasteiger partial charge in [0.05, 0.1) is 6.42 Å². The van der Waals surface area contributed by atoms with Gasteiger partial charge in [-0.1, -0.05) is 83.3 Å². The van der Waals surface area contributed by atoms with Gasteiger partial charge in [0, 0.05) is 12.8 Å². The number of amides is 2. The SMILES string of the molecule is O=C(Cc1ccccc1)Nc1nnc(CCSCCc2nnc(NC(=O)[C@H](O)c3ccccc3)s2)s1. The molecule has 0 bridgehead atoms. The van der Waals surface area contributed by atoms with Crippen LogP contribution in [0.3, 0.4) is 0 Å². The molecule has 4 rings (SSSR count). The fraction of sp³-hybridized carbons (Fsp3) is 0.250. The monoisotopic (exact) mass is 540 g/mol. The molecule has 0 fully saturated rings. The fourth-order valence-electron chi connectivity index (χ4n) is 3.14. The second kappa shape index (κ2) is 13.2. The summed E-state index contributed by atoms with van der Waals surface area (Å²) in [5.74, 6) is 1.05. The lowest BCUT2D eigenvalue weighted by Crippen LogP contribution is -2.20. The number of carbonyl (C=O) groups is 2. The van der Waals surface area contributed by atoms with Crippen LogP contribution in [-0.4, -0.2) is 48.8 Å². The van der Waals surface area contributed by atoms with E-state index in [-0.39, 0.29) is 5.91 Å². The molecule has 4 aromatic rings. The molecule has 3 N–H and O–H groups in total. The zero-order valence-corrected chi connectivity index (χ0v) is 21.6. The van der Waals surface area contributed by atoms with Gasteiger partial charge in [-0.25, -0.2) is 0 Å². The third-order valence-corrected chi connectivity index (χ3v) is 7.68. The standard InChI is InChI=1S/C24H24N6O3S3/c31-18(15-16-7-3-1-4-8-16)25-23-29-27-19(35-23)11-13-34-14-12-20-28-30-24(36-20)26-22(33)21(32)17-9-5-2-6-10-17/h1-10,21,32H,11-15H2,(H,25,29,31)(H,26,30,33)/t21-/m1/s1. The number of rotatable bonds is 12. The number of nitrogens with zero attached hydrogens (tertiary/aromatic N) is 4. The largest absolute Gasteiger partial charge is 0.378 e. The number of aryl methyl sites for hydroxylation is 2. The molecule has 2 amide bonds. The van der Waals surface area contributed by atoms with Gasteiger partial charge in [-0.15, -0.1) is 20.4 Å². The van der Waals surface area contributed by atoms with Crippen molar-refractivity contribution >= 4 is 56.5 Å². The van der Waals surface area contributed by atoms with Crippen LogP contribution in [0.1, 0.15) is 27.2 Å². The van der Waals surface area contributed by atoms with Gasteiger partial charge in [0.25, 0.3) is 5.91 Å². The Bertz CT molecular complexity index is 1270. The van der Waals surface area contributed by atoms with E-state index in [1.54, 1.807) is 36.0 Å². The first-order valence-corrected chi connectivity index (χ1v) is 14.0. The minimum absolute atomic E-state index is 0.111. The van der Waals surface area contributed by atoms with Crippen molar-refractivity contribution in [1.82, 2.24) is 20.4 Å². The van der Waals surface area contributed by atoms with Crippen LogP contribution in [-0.2, 0) is 28.9 Å². The summed E-state index contributed by atoms with van der Waals surface area (Å²) in [5, 5.41) is 34.5. The Hall–Kier alpha value is -3.19. The highest BCUT2D eigenvalue weighted by Gasteiger charge is 2.18. The van der Waals surface area contributed by atoms with Crippen molar-refractivity contribution in [2.45, 2.75) is 25.4 Å². The number of nitrogens with one attached hydrogen (secondary N) is 2. The van der Waals surface area contributed by atoms with Crippen LogP contribution >= 0.6 is 34.4 Å². The topological polar surface area (TPSA) is 130 Å². The van der Waals surface area contributed by atoms with Crippen molar-refractivity contribution in [3.63, 3.8) is 0 Å². The molecule has 0 radical (unpaired) electrons. The van der Waals surface area contributed by atoms with Gasteiger partial charge in [-0.05, 0) is 22.6 Å². The third-order valence-electron chi connectivity index (χ3n) is 4.90. The molecular weight excluding hydrogens is 517 g/mol. The summed E-state index contributed by atoms with van der Waals surface area (Å²) in [6.45, 7) is 0. The lowest BCUT2D eigenvalue weighted by molar-refractivity contribution is -0.124. The number of benzene rings is 2. The lowest BCUT2D eigenvalue weighted by atomic mass is 10.1. The van der Waals surface area contributed by atoms with Crippen molar-refractivity contribution < 1.29 is 14.7 Å². The molecule has 0 unspecified atom stereocenters. The van der Waals surface area contributed by atoms with Crippen molar-refractivity contribution in [1.29, 1.82) is 0 Å². The van der Waals surface area contributed by atoms with Gasteiger partial charge in [-0.3, -0.25) is 14.9 Å². The number of aliphatic hydroxyl groups excluding tert-OH is 1. The third kappa shape index (κ3) is 7.92. The van der Waals surface area contributed by atoms with E-state index >= 15 is 0 Å². The highest BCUT2D eigenvalue weighted by molar-refractivity contribution is 7.99. The van der Waals surface area contributed by atoms with Crippen LogP contribution < -0.4 is 10.6 Å². The number of thioether (sulfide) groups is 1. The maximum Gasteiger partial charge on any atom is 0.259 e. The summed E-state index contributed by atoms with van der Waals surface area (Å²) < 4.78 is 0. The Labute approximate surface area is 220 Å². The van der Waals surface area contributed by atoms with E-state index in [1.807, 2.05) is 36.4 Å². The van der Waals surface area contributed by atoms with Crippen LogP contribution in [0.25, 0.3) is 0 Å². The van der Waals surface area contributed by atoms with E-state index in [4.69, 9.17) is 0 Å². The molecule has 0 aliphatic rings. The Morgan fingerprint density at radius 3 is 1.97 bits per heavy atom. The maximum atomic E-state index is 12.2. The highest BCUT2D eigenvalue weighted by atomic mass is 32.2. The van der Waals surface area contributed by atoms with Gasteiger partial charge in [0.2, 0.25) is 16.2 Å². The Morgan fingerprint density at radius 2 is 1.36 bits per heavy atom. The number of carbonyl (C=O) groups excluding carboxylic acids is 2. The van der Waals surface area contributed by atoms with Crippen LogP contribution in [0.5, 0.6) is 0 Å². The van der Waals surface area contributed by atoms with E-state index in [0.29, 0.717) is 22.2 Å².